The van der Waals surface area contributed by atoms with Crippen LogP contribution in [0.5, 0.6) is 0 Å². The number of para-hydroxylation sites is 2. The van der Waals surface area contributed by atoms with Gasteiger partial charge in [0.2, 0.25) is 0 Å². The molecule has 222 valence electrons. The summed E-state index contributed by atoms with van der Waals surface area (Å²) in [6.07, 6.45) is 0. The van der Waals surface area contributed by atoms with Crippen LogP contribution in [-0.4, -0.2) is 9.55 Å². The van der Waals surface area contributed by atoms with Crippen molar-refractivity contribution in [3.8, 4) is 5.69 Å². The van der Waals surface area contributed by atoms with Gasteiger partial charge < -0.3 is 9.55 Å². The van der Waals surface area contributed by atoms with E-state index in [9.17, 15) is 0 Å². The van der Waals surface area contributed by atoms with Crippen LogP contribution in [0.3, 0.4) is 0 Å². The molecule has 0 amide bonds. The number of nitrogens with one attached hydrogen (secondary N) is 1. The van der Waals surface area contributed by atoms with E-state index in [1.807, 2.05) is 34.8 Å². The molecule has 0 fully saturated rings. The molecule has 0 saturated heterocycles. The van der Waals surface area contributed by atoms with Gasteiger partial charge in [0.15, 0.2) is 0 Å². The van der Waals surface area contributed by atoms with Crippen LogP contribution in [0.4, 0.5) is 0 Å². The average Bonchev–Trinajstić information content (AvgIpc) is 3.88. The van der Waals surface area contributed by atoms with Gasteiger partial charge in [0.1, 0.15) is 0 Å². The summed E-state index contributed by atoms with van der Waals surface area (Å²) in [7, 11) is 0. The smallest absolute Gasteiger partial charge is 0.0719 e. The minimum atomic E-state index is 0.756. The molecule has 0 spiro atoms. The van der Waals surface area contributed by atoms with Gasteiger partial charge in [-0.1, -0.05) is 109 Å². The van der Waals surface area contributed by atoms with Crippen molar-refractivity contribution in [3.63, 3.8) is 0 Å². The predicted octanol–water partition coefficient (Wildman–Crippen LogP) is 13.5. The molecule has 0 saturated carbocycles. The van der Waals surface area contributed by atoms with Crippen molar-refractivity contribution in [2.75, 3.05) is 0 Å². The lowest BCUT2D eigenvalue weighted by Gasteiger charge is -2.08. The average molecular weight is 657 g/mol. The first-order valence-electron chi connectivity index (χ1n) is 15.6. The van der Waals surface area contributed by atoms with Crippen molar-refractivity contribution < 1.29 is 0 Å². The summed E-state index contributed by atoms with van der Waals surface area (Å²) in [5, 5.41) is 11.3. The van der Waals surface area contributed by atoms with Crippen molar-refractivity contribution in [1.82, 2.24) is 9.55 Å². The van der Waals surface area contributed by atoms with Crippen molar-refractivity contribution in [1.29, 1.82) is 0 Å². The normalized spacial score (nSPS) is 11.9. The zero-order valence-corrected chi connectivity index (χ0v) is 27.4. The third-order valence-electron chi connectivity index (χ3n) is 9.29. The van der Waals surface area contributed by atoms with E-state index in [4.69, 9.17) is 11.6 Å². The molecule has 11 rings (SSSR count). The lowest BCUT2D eigenvalue weighted by Crippen LogP contribution is -1.93. The Hall–Kier alpha value is -5.13. The Bertz CT molecular complexity index is 2890. The highest BCUT2D eigenvalue weighted by molar-refractivity contribution is 7.27. The van der Waals surface area contributed by atoms with Crippen LogP contribution in [0.2, 0.25) is 5.02 Å². The number of hydrogen-bond donors (Lipinski definition) is 1. The van der Waals surface area contributed by atoms with Crippen LogP contribution in [0.1, 0.15) is 0 Å². The van der Waals surface area contributed by atoms with Crippen LogP contribution in [0.25, 0.3) is 89.6 Å². The number of nitrogens with zero attached hydrogens (tertiary/aromatic N) is 1. The Labute approximate surface area is 282 Å². The first-order chi connectivity index (χ1) is 23.2. The molecule has 4 heterocycles. The van der Waals surface area contributed by atoms with Gasteiger partial charge in [0.05, 0.1) is 25.9 Å². The van der Waals surface area contributed by atoms with Gasteiger partial charge in [-0.2, -0.15) is 0 Å². The Morgan fingerprint density at radius 3 is 1.74 bits per heavy atom. The second-order valence-corrected chi connectivity index (χ2v) is 14.4. The van der Waals surface area contributed by atoms with Gasteiger partial charge >= 0.3 is 0 Å². The van der Waals surface area contributed by atoms with Crippen LogP contribution < -0.4 is 0 Å². The van der Waals surface area contributed by atoms with E-state index in [1.165, 1.54) is 84.0 Å². The van der Waals surface area contributed by atoms with Crippen LogP contribution in [0.15, 0.2) is 146 Å². The molecule has 0 aliphatic rings. The Kier molecular flexibility index (Phi) is 6.01. The maximum atomic E-state index is 6.15. The maximum absolute atomic E-state index is 6.15. The molecule has 0 atom stereocenters. The number of benzene rings is 7. The monoisotopic (exact) mass is 656 g/mol. The number of hydrogen-bond acceptors (Lipinski definition) is 2. The molecule has 1 N–H and O–H groups in total. The van der Waals surface area contributed by atoms with E-state index in [-0.39, 0.29) is 0 Å². The maximum Gasteiger partial charge on any atom is 0.0719 e. The van der Waals surface area contributed by atoms with Gasteiger partial charge in [-0.05, 0) is 48.5 Å². The lowest BCUT2D eigenvalue weighted by atomic mass is 10.1. The lowest BCUT2D eigenvalue weighted by molar-refractivity contribution is 1.19. The van der Waals surface area contributed by atoms with E-state index in [1.54, 1.807) is 0 Å². The molecule has 0 aliphatic carbocycles. The number of halogens is 1. The first kappa shape index (κ1) is 27.0. The van der Waals surface area contributed by atoms with E-state index < -0.39 is 0 Å². The van der Waals surface area contributed by atoms with Crippen molar-refractivity contribution in [2.45, 2.75) is 0 Å². The van der Waals surface area contributed by atoms with Crippen LogP contribution in [-0.2, 0) is 0 Å². The number of aromatic amines is 1. The van der Waals surface area contributed by atoms with Gasteiger partial charge in [-0.15, -0.1) is 22.7 Å². The van der Waals surface area contributed by atoms with E-state index in [2.05, 4.69) is 143 Å². The van der Waals surface area contributed by atoms with E-state index in [0.717, 1.165) is 10.7 Å². The molecule has 5 heteroatoms. The summed E-state index contributed by atoms with van der Waals surface area (Å²) in [6, 6.07) is 51.6. The first-order valence-corrected chi connectivity index (χ1v) is 17.6. The molecule has 0 radical (unpaired) electrons. The molecule has 4 aromatic heterocycles. The summed E-state index contributed by atoms with van der Waals surface area (Å²) >= 11 is 9.90. The quantitative estimate of drug-likeness (QED) is 0.181. The molecule has 2 nitrogen and oxygen atoms in total. The molecule has 7 aromatic carbocycles. The SMILES string of the molecule is Clc1ccc(-n2c3ccccc3c3ccc4c5ccccc5sc4c32)cc1.c1ccc2c(c1)[nH]c1c2ccc2c3ccccc3sc21. The number of aromatic nitrogens is 2. The zero-order valence-electron chi connectivity index (χ0n) is 25.0. The fourth-order valence-electron chi connectivity index (χ4n) is 7.19. The second-order valence-electron chi connectivity index (χ2n) is 11.9. The summed E-state index contributed by atoms with van der Waals surface area (Å²) in [5.41, 5.74) is 6.12. The van der Waals surface area contributed by atoms with Gasteiger partial charge in [-0.25, -0.2) is 0 Å². The Morgan fingerprint density at radius 1 is 0.447 bits per heavy atom. The highest BCUT2D eigenvalue weighted by atomic mass is 35.5. The molecular weight excluding hydrogens is 632 g/mol. The van der Waals surface area contributed by atoms with Crippen molar-refractivity contribution in [2.24, 2.45) is 0 Å². The number of rotatable bonds is 1. The zero-order chi connectivity index (χ0) is 31.1. The molecule has 0 unspecified atom stereocenters. The summed E-state index contributed by atoms with van der Waals surface area (Å²) < 4.78 is 7.75. The number of fused-ring (bicyclic) bond motifs is 14. The van der Waals surface area contributed by atoms with E-state index in [0.29, 0.717) is 0 Å². The number of thiophene rings is 2. The fourth-order valence-corrected chi connectivity index (χ4v) is 9.76. The molecule has 11 aromatic rings. The molecule has 0 bridgehead atoms. The molecule has 0 aliphatic heterocycles. The van der Waals surface area contributed by atoms with Gasteiger partial charge in [0, 0.05) is 68.7 Å². The van der Waals surface area contributed by atoms with Crippen molar-refractivity contribution >= 4 is 118 Å². The van der Waals surface area contributed by atoms with E-state index >= 15 is 0 Å². The largest absolute Gasteiger partial charge is 0.353 e. The number of H-pyrrole nitrogens is 1. The highest BCUT2D eigenvalue weighted by Gasteiger charge is 2.17. The van der Waals surface area contributed by atoms with Gasteiger partial charge in [-0.3, -0.25) is 0 Å². The Morgan fingerprint density at radius 2 is 1.00 bits per heavy atom. The summed E-state index contributed by atoms with van der Waals surface area (Å²) in [5.74, 6) is 0. The molecular formula is C42H25ClN2S2. The summed E-state index contributed by atoms with van der Waals surface area (Å²) in [4.78, 5) is 3.59. The summed E-state index contributed by atoms with van der Waals surface area (Å²) in [6.45, 7) is 0. The topological polar surface area (TPSA) is 20.7 Å². The van der Waals surface area contributed by atoms with Gasteiger partial charge in [0.25, 0.3) is 0 Å². The standard InChI is InChI=1S/C24H14ClNS.C18H11NS/c25-15-9-11-16(12-10-15)26-21-7-3-1-5-17(21)19-13-14-20-18-6-2-4-8-22(18)27-24(20)23(19)26;1-3-7-15-11(5-1)13-9-10-14-12-6-2-4-8-16(12)20-18(14)17(13)19-15/h1-14H;1-10,19H. The van der Waals surface area contributed by atoms with Crippen molar-refractivity contribution in [3.05, 3.63) is 151 Å². The molecule has 47 heavy (non-hydrogen) atoms. The minimum Gasteiger partial charge on any atom is -0.353 e. The third kappa shape index (κ3) is 4.09. The second kappa shape index (κ2) is 10.4. The van der Waals surface area contributed by atoms with Crippen LogP contribution in [0, 0.1) is 0 Å². The minimum absolute atomic E-state index is 0.756. The predicted molar refractivity (Wildman–Crippen MR) is 207 cm³/mol. The Balaban J connectivity index is 0.000000127. The fraction of sp³-hybridized carbons (Fsp3) is 0. The highest BCUT2D eigenvalue weighted by Crippen LogP contribution is 2.43. The van der Waals surface area contributed by atoms with Crippen LogP contribution >= 0.6 is 34.3 Å². The third-order valence-corrected chi connectivity index (χ3v) is 11.9.